The Morgan fingerprint density at radius 3 is 1.76 bits per heavy atom. The van der Waals surface area contributed by atoms with Crippen molar-refractivity contribution in [3.8, 4) is 11.5 Å². The summed E-state index contributed by atoms with van der Waals surface area (Å²) in [6.45, 7) is 1.27. The van der Waals surface area contributed by atoms with E-state index in [1.54, 1.807) is 13.8 Å². The normalized spacial score (nSPS) is 11.3. The van der Waals surface area contributed by atoms with Crippen LogP contribution in [0.5, 0.6) is 11.5 Å². The number of aromatic nitrogens is 3. The fraction of sp³-hybridized carbons (Fsp3) is 0.367. The Morgan fingerprint density at radius 2 is 1.33 bits per heavy atom. The second kappa shape index (κ2) is 14.8. The summed E-state index contributed by atoms with van der Waals surface area (Å²) >= 11 is 0. The fourth-order valence-electron chi connectivity index (χ4n) is 4.46. The summed E-state index contributed by atoms with van der Waals surface area (Å²) in [6.07, 6.45) is 1.25. The van der Waals surface area contributed by atoms with E-state index in [2.05, 4.69) is 29.9 Å². The van der Waals surface area contributed by atoms with Crippen LogP contribution in [0.2, 0.25) is 0 Å². The van der Waals surface area contributed by atoms with Crippen molar-refractivity contribution in [2.45, 2.75) is 73.0 Å². The minimum absolute atomic E-state index is 0.0302. The summed E-state index contributed by atoms with van der Waals surface area (Å²) in [5.74, 6) is -0.336. The molecule has 0 radical (unpaired) electrons. The number of carbonyl (C=O) groups excluding carboxylic acids is 1. The molecule has 0 aliphatic rings. The molecule has 5 aromatic rings. The second-order valence-corrected chi connectivity index (χ2v) is 9.69. The predicted molar refractivity (Wildman–Crippen MR) is 154 cm³/mol. The molecule has 16 heteroatoms. The molecule has 0 bridgehead atoms. The summed E-state index contributed by atoms with van der Waals surface area (Å²) in [4.78, 5) is 31.4. The number of hydrogen-bond acceptors (Lipinski definition) is 10. The van der Waals surface area contributed by atoms with Gasteiger partial charge >= 0.3 is 19.2 Å². The van der Waals surface area contributed by atoms with Crippen LogP contribution in [0.25, 0.3) is 22.2 Å². The standard InChI is InChI=1S/C18H19F2N3O4.C12H11F2NO4/c1-4-11-15(9(3)27-23-11)21-13(24)8-10-6-7-12(25-18(19)20)16-17(10)26-14(5-2)22-16;1-2-8-15-10-7(18-12(13)14)4-3-6(5-9(16)17)11(10)19-8/h6-7,18H,4-5,8H2,1-3H3,(H,21,24);3-4,12H,2,5H2,1H3,(H,16,17). The lowest BCUT2D eigenvalue weighted by Gasteiger charge is -2.08. The number of amides is 1. The third-order valence-corrected chi connectivity index (χ3v) is 6.53. The number of carboxylic acids is 1. The summed E-state index contributed by atoms with van der Waals surface area (Å²) in [6, 6.07) is 5.54. The number of rotatable bonds is 12. The highest BCUT2D eigenvalue weighted by Crippen LogP contribution is 2.32. The molecule has 12 nitrogen and oxygen atoms in total. The maximum atomic E-state index is 12.6. The molecule has 0 unspecified atom stereocenters. The molecule has 246 valence electrons. The molecule has 0 aliphatic carbocycles. The van der Waals surface area contributed by atoms with Gasteiger partial charge in [-0.25, -0.2) is 9.97 Å². The van der Waals surface area contributed by atoms with E-state index in [0.717, 1.165) is 0 Å². The van der Waals surface area contributed by atoms with Gasteiger partial charge in [0.05, 0.1) is 12.8 Å². The van der Waals surface area contributed by atoms with Crippen LogP contribution in [0, 0.1) is 6.92 Å². The highest BCUT2D eigenvalue weighted by atomic mass is 19.3. The van der Waals surface area contributed by atoms with Crippen LogP contribution in [0.3, 0.4) is 0 Å². The molecule has 0 saturated carbocycles. The highest BCUT2D eigenvalue weighted by molar-refractivity contribution is 5.96. The first kappa shape index (κ1) is 33.7. The van der Waals surface area contributed by atoms with Crippen molar-refractivity contribution in [3.05, 3.63) is 58.6 Å². The number of nitrogens with zero attached hydrogens (tertiary/aromatic N) is 3. The number of oxazole rings is 2. The van der Waals surface area contributed by atoms with Gasteiger partial charge in [-0.3, -0.25) is 9.59 Å². The van der Waals surface area contributed by atoms with Gasteiger partial charge in [-0.2, -0.15) is 17.6 Å². The zero-order chi connectivity index (χ0) is 33.5. The first-order valence-electron chi connectivity index (χ1n) is 14.1. The third-order valence-electron chi connectivity index (χ3n) is 6.53. The number of ether oxygens (including phenoxy) is 2. The Morgan fingerprint density at radius 1 is 0.826 bits per heavy atom. The predicted octanol–water partition coefficient (Wildman–Crippen LogP) is 6.65. The number of nitrogens with one attached hydrogen (secondary N) is 1. The van der Waals surface area contributed by atoms with Crippen molar-refractivity contribution < 1.29 is 55.1 Å². The van der Waals surface area contributed by atoms with Crippen molar-refractivity contribution in [2.24, 2.45) is 0 Å². The molecule has 3 aromatic heterocycles. The molecule has 0 fully saturated rings. The molecule has 0 atom stereocenters. The van der Waals surface area contributed by atoms with Gasteiger partial charge in [0.1, 0.15) is 11.4 Å². The Bertz CT molecular complexity index is 1830. The molecule has 2 N–H and O–H groups in total. The van der Waals surface area contributed by atoms with Crippen molar-refractivity contribution in [1.82, 2.24) is 15.1 Å². The average molecular weight is 651 g/mol. The molecule has 1 amide bonds. The minimum Gasteiger partial charge on any atom is -0.481 e. The van der Waals surface area contributed by atoms with Crippen LogP contribution < -0.4 is 14.8 Å². The summed E-state index contributed by atoms with van der Waals surface area (Å²) in [7, 11) is 0. The Balaban J connectivity index is 0.000000222. The first-order valence-corrected chi connectivity index (χ1v) is 14.1. The number of fused-ring (bicyclic) bond motifs is 2. The number of aryl methyl sites for hydroxylation is 4. The number of anilines is 1. The van der Waals surface area contributed by atoms with Gasteiger partial charge in [0.2, 0.25) is 5.91 Å². The summed E-state index contributed by atoms with van der Waals surface area (Å²) < 4.78 is 74.7. The van der Waals surface area contributed by atoms with Crippen molar-refractivity contribution >= 4 is 39.8 Å². The third kappa shape index (κ3) is 7.92. The lowest BCUT2D eigenvalue weighted by molar-refractivity contribution is -0.136. The summed E-state index contributed by atoms with van der Waals surface area (Å²) in [5, 5.41) is 15.5. The van der Waals surface area contributed by atoms with Crippen LogP contribution in [0.15, 0.2) is 37.6 Å². The maximum absolute atomic E-state index is 12.6. The van der Waals surface area contributed by atoms with E-state index in [0.29, 0.717) is 59.3 Å². The average Bonchev–Trinajstić information content (AvgIpc) is 3.73. The number of alkyl halides is 4. The number of halogens is 4. The van der Waals surface area contributed by atoms with Crippen LogP contribution in [-0.2, 0) is 41.7 Å². The molecular weight excluding hydrogens is 620 g/mol. The van der Waals surface area contributed by atoms with Crippen LogP contribution >= 0.6 is 0 Å². The molecule has 3 heterocycles. The molecule has 0 aliphatic heterocycles. The van der Waals surface area contributed by atoms with Gasteiger partial charge in [-0.05, 0) is 25.5 Å². The van der Waals surface area contributed by atoms with E-state index in [1.807, 2.05) is 13.8 Å². The topological polar surface area (TPSA) is 163 Å². The molecule has 2 aromatic carbocycles. The zero-order valence-electron chi connectivity index (χ0n) is 25.2. The van der Waals surface area contributed by atoms with Crippen molar-refractivity contribution in [3.63, 3.8) is 0 Å². The number of carboxylic acid groups (broad SMARTS) is 1. The largest absolute Gasteiger partial charge is 0.481 e. The van der Waals surface area contributed by atoms with E-state index in [-0.39, 0.29) is 52.4 Å². The molecule has 5 rings (SSSR count). The number of aliphatic carboxylic acids is 1. The lowest BCUT2D eigenvalue weighted by Crippen LogP contribution is -2.16. The number of carbonyl (C=O) groups is 2. The van der Waals surface area contributed by atoms with E-state index < -0.39 is 19.2 Å². The van der Waals surface area contributed by atoms with E-state index in [9.17, 15) is 27.2 Å². The SMILES string of the molecule is CCc1nc2c(OC(F)F)ccc(CC(=O)Nc3c(CC)noc3C)c2o1.CCc1nc2c(OC(F)F)ccc(CC(=O)O)c2o1. The molecule has 46 heavy (non-hydrogen) atoms. The van der Waals surface area contributed by atoms with Gasteiger partial charge in [0, 0.05) is 24.0 Å². The molecular formula is C30H30F4N4O8. The Hall–Kier alpha value is -5.15. The van der Waals surface area contributed by atoms with Crippen LogP contribution in [0.1, 0.15) is 55.1 Å². The van der Waals surface area contributed by atoms with E-state index in [4.69, 9.17) is 18.5 Å². The smallest absolute Gasteiger partial charge is 0.387 e. The first-order chi connectivity index (χ1) is 21.9. The van der Waals surface area contributed by atoms with Gasteiger partial charge in [0.15, 0.2) is 51.2 Å². The van der Waals surface area contributed by atoms with Crippen molar-refractivity contribution in [1.29, 1.82) is 0 Å². The van der Waals surface area contributed by atoms with Crippen LogP contribution in [0.4, 0.5) is 23.2 Å². The lowest BCUT2D eigenvalue weighted by atomic mass is 10.1. The minimum atomic E-state index is -2.98. The van der Waals surface area contributed by atoms with Crippen LogP contribution in [-0.4, -0.2) is 45.3 Å². The monoisotopic (exact) mass is 650 g/mol. The molecule has 0 saturated heterocycles. The van der Waals surface area contributed by atoms with Gasteiger partial charge < -0.3 is 33.3 Å². The number of benzene rings is 2. The van der Waals surface area contributed by atoms with Crippen molar-refractivity contribution in [2.75, 3.05) is 5.32 Å². The highest BCUT2D eigenvalue weighted by Gasteiger charge is 2.21. The Kier molecular flexibility index (Phi) is 10.8. The van der Waals surface area contributed by atoms with E-state index in [1.165, 1.54) is 24.3 Å². The molecule has 0 spiro atoms. The summed E-state index contributed by atoms with van der Waals surface area (Å²) in [5.41, 5.74) is 2.82. The fourth-order valence-corrected chi connectivity index (χ4v) is 4.46. The number of hydrogen-bond donors (Lipinski definition) is 2. The second-order valence-electron chi connectivity index (χ2n) is 9.69. The van der Waals surface area contributed by atoms with Gasteiger partial charge in [-0.15, -0.1) is 0 Å². The van der Waals surface area contributed by atoms with Gasteiger partial charge in [-0.1, -0.05) is 38.1 Å². The van der Waals surface area contributed by atoms with E-state index >= 15 is 0 Å². The van der Waals surface area contributed by atoms with Gasteiger partial charge in [0.25, 0.3) is 0 Å². The zero-order valence-corrected chi connectivity index (χ0v) is 25.2. The Labute approximate surface area is 258 Å². The quantitative estimate of drug-likeness (QED) is 0.139. The maximum Gasteiger partial charge on any atom is 0.387 e.